The number of pyridine rings is 1. The van der Waals surface area contributed by atoms with E-state index in [0.717, 1.165) is 36.8 Å². The Labute approximate surface area is 174 Å². The minimum atomic E-state index is -0.248. The standard InChI is InChI=1S/C23H23N3O2S/c1-15(16-8-3-2-4-9-16)25-22(28)20-18-11-5-6-12-19(18)29-23(20)26-21(27)17-10-7-13-24-14-17/h2-4,7-10,13-15H,5-6,11-12H2,1H3,(H,25,28)(H,26,27). The van der Waals surface area contributed by atoms with Gasteiger partial charge in [0.05, 0.1) is 17.2 Å². The van der Waals surface area contributed by atoms with Gasteiger partial charge in [0, 0.05) is 17.3 Å². The summed E-state index contributed by atoms with van der Waals surface area (Å²) in [5.41, 5.74) is 3.22. The van der Waals surface area contributed by atoms with E-state index in [9.17, 15) is 9.59 Å². The Morgan fingerprint density at radius 2 is 1.83 bits per heavy atom. The molecule has 0 bridgehead atoms. The highest BCUT2D eigenvalue weighted by molar-refractivity contribution is 7.17. The number of aromatic nitrogens is 1. The van der Waals surface area contributed by atoms with Gasteiger partial charge in [-0.2, -0.15) is 0 Å². The molecule has 0 spiro atoms. The van der Waals surface area contributed by atoms with Crippen molar-refractivity contribution in [3.63, 3.8) is 0 Å². The molecule has 4 rings (SSSR count). The van der Waals surface area contributed by atoms with E-state index in [2.05, 4.69) is 15.6 Å². The van der Waals surface area contributed by atoms with Gasteiger partial charge in [0.1, 0.15) is 5.00 Å². The van der Waals surface area contributed by atoms with E-state index in [1.54, 1.807) is 18.3 Å². The van der Waals surface area contributed by atoms with Crippen LogP contribution in [0.25, 0.3) is 0 Å². The maximum Gasteiger partial charge on any atom is 0.257 e. The number of aryl methyl sites for hydroxylation is 1. The van der Waals surface area contributed by atoms with Gasteiger partial charge in [-0.25, -0.2) is 0 Å². The Kier molecular flexibility index (Phi) is 5.71. The number of nitrogens with one attached hydrogen (secondary N) is 2. The van der Waals surface area contributed by atoms with Crippen LogP contribution >= 0.6 is 11.3 Å². The van der Waals surface area contributed by atoms with Crippen LogP contribution in [-0.4, -0.2) is 16.8 Å². The first-order valence-corrected chi connectivity index (χ1v) is 10.7. The molecule has 2 N–H and O–H groups in total. The number of carbonyl (C=O) groups is 2. The van der Waals surface area contributed by atoms with Crippen molar-refractivity contribution in [3.05, 3.63) is 82.0 Å². The van der Waals surface area contributed by atoms with Crippen LogP contribution in [0.15, 0.2) is 54.9 Å². The monoisotopic (exact) mass is 405 g/mol. The molecule has 0 saturated heterocycles. The number of amides is 2. The molecule has 29 heavy (non-hydrogen) atoms. The third-order valence-electron chi connectivity index (χ3n) is 5.20. The lowest BCUT2D eigenvalue weighted by atomic mass is 9.95. The summed E-state index contributed by atoms with van der Waals surface area (Å²) in [5, 5.41) is 6.69. The molecule has 1 aliphatic carbocycles. The van der Waals surface area contributed by atoms with Gasteiger partial charge >= 0.3 is 0 Å². The SMILES string of the molecule is CC(NC(=O)c1c(NC(=O)c2cccnc2)sc2c1CCCC2)c1ccccc1. The van der Waals surface area contributed by atoms with E-state index >= 15 is 0 Å². The highest BCUT2D eigenvalue weighted by atomic mass is 32.1. The molecular formula is C23H23N3O2S. The number of thiophene rings is 1. The zero-order chi connectivity index (χ0) is 20.2. The van der Waals surface area contributed by atoms with Gasteiger partial charge in [0.2, 0.25) is 0 Å². The molecule has 0 fully saturated rings. The Morgan fingerprint density at radius 1 is 1.03 bits per heavy atom. The molecule has 0 aliphatic heterocycles. The van der Waals surface area contributed by atoms with Crippen LogP contribution < -0.4 is 10.6 Å². The number of nitrogens with zero attached hydrogens (tertiary/aromatic N) is 1. The molecule has 1 aromatic carbocycles. The molecule has 6 heteroatoms. The smallest absolute Gasteiger partial charge is 0.257 e. The second-order valence-electron chi connectivity index (χ2n) is 7.22. The van der Waals surface area contributed by atoms with Gasteiger partial charge in [0.15, 0.2) is 0 Å². The Balaban J connectivity index is 1.62. The maximum absolute atomic E-state index is 13.2. The summed E-state index contributed by atoms with van der Waals surface area (Å²) in [6, 6.07) is 13.2. The molecule has 0 saturated carbocycles. The number of hydrogen-bond acceptors (Lipinski definition) is 4. The second-order valence-corrected chi connectivity index (χ2v) is 8.32. The maximum atomic E-state index is 13.2. The molecule has 2 heterocycles. The molecule has 148 valence electrons. The van der Waals surface area contributed by atoms with Crippen LogP contribution in [-0.2, 0) is 12.8 Å². The lowest BCUT2D eigenvalue weighted by Crippen LogP contribution is -2.28. The normalized spacial score (nSPS) is 14.0. The number of hydrogen-bond donors (Lipinski definition) is 2. The van der Waals surface area contributed by atoms with Gasteiger partial charge in [-0.3, -0.25) is 14.6 Å². The summed E-state index contributed by atoms with van der Waals surface area (Å²) >= 11 is 1.52. The van der Waals surface area contributed by atoms with Crippen molar-refractivity contribution in [1.82, 2.24) is 10.3 Å². The van der Waals surface area contributed by atoms with Crippen molar-refractivity contribution in [3.8, 4) is 0 Å². The van der Waals surface area contributed by atoms with Crippen LogP contribution in [0.5, 0.6) is 0 Å². The average Bonchev–Trinajstić information content (AvgIpc) is 3.12. The van der Waals surface area contributed by atoms with Gasteiger partial charge in [-0.1, -0.05) is 30.3 Å². The highest BCUT2D eigenvalue weighted by Crippen LogP contribution is 2.38. The summed E-state index contributed by atoms with van der Waals surface area (Å²) in [7, 11) is 0. The average molecular weight is 406 g/mol. The molecular weight excluding hydrogens is 382 g/mol. The van der Waals surface area contributed by atoms with E-state index in [1.165, 1.54) is 22.4 Å². The van der Waals surface area contributed by atoms with E-state index in [0.29, 0.717) is 16.1 Å². The molecule has 1 unspecified atom stereocenters. The molecule has 1 aliphatic rings. The topological polar surface area (TPSA) is 71.1 Å². The Bertz CT molecular complexity index is 1020. The predicted molar refractivity (Wildman–Crippen MR) is 115 cm³/mol. The van der Waals surface area contributed by atoms with Gasteiger partial charge in [-0.05, 0) is 55.9 Å². The molecule has 2 aromatic heterocycles. The molecule has 0 radical (unpaired) electrons. The van der Waals surface area contributed by atoms with Crippen molar-refractivity contribution in [1.29, 1.82) is 0 Å². The lowest BCUT2D eigenvalue weighted by Gasteiger charge is -2.17. The lowest BCUT2D eigenvalue weighted by molar-refractivity contribution is 0.0940. The quantitative estimate of drug-likeness (QED) is 0.643. The van der Waals surface area contributed by atoms with Crippen LogP contribution in [0.1, 0.15) is 62.5 Å². The van der Waals surface area contributed by atoms with Crippen LogP contribution in [0.2, 0.25) is 0 Å². The first-order valence-electron chi connectivity index (χ1n) is 9.85. The molecule has 3 aromatic rings. The van der Waals surface area contributed by atoms with Gasteiger partial charge < -0.3 is 10.6 Å². The number of fused-ring (bicyclic) bond motifs is 1. The largest absolute Gasteiger partial charge is 0.345 e. The fourth-order valence-corrected chi connectivity index (χ4v) is 4.94. The second kappa shape index (κ2) is 8.57. The van der Waals surface area contributed by atoms with E-state index in [4.69, 9.17) is 0 Å². The number of benzene rings is 1. The van der Waals surface area contributed by atoms with Crippen molar-refractivity contribution in [2.45, 2.75) is 38.6 Å². The number of anilines is 1. The molecule has 2 amide bonds. The summed E-state index contributed by atoms with van der Waals surface area (Å²) in [6.45, 7) is 1.97. The number of rotatable bonds is 5. The van der Waals surface area contributed by atoms with Crippen molar-refractivity contribution < 1.29 is 9.59 Å². The fraction of sp³-hybridized carbons (Fsp3) is 0.261. The summed E-state index contributed by atoms with van der Waals surface area (Å²) < 4.78 is 0. The van der Waals surface area contributed by atoms with Crippen LogP contribution in [0.4, 0.5) is 5.00 Å². The van der Waals surface area contributed by atoms with Crippen molar-refractivity contribution in [2.24, 2.45) is 0 Å². The summed E-state index contributed by atoms with van der Waals surface area (Å²) in [5.74, 6) is -0.385. The fourth-order valence-electron chi connectivity index (χ4n) is 3.66. The van der Waals surface area contributed by atoms with Gasteiger partial charge in [0.25, 0.3) is 11.8 Å². The Morgan fingerprint density at radius 3 is 2.59 bits per heavy atom. The van der Waals surface area contributed by atoms with E-state index < -0.39 is 0 Å². The number of carbonyl (C=O) groups excluding carboxylic acids is 2. The van der Waals surface area contributed by atoms with Crippen LogP contribution in [0.3, 0.4) is 0 Å². The van der Waals surface area contributed by atoms with Crippen LogP contribution in [0, 0.1) is 0 Å². The summed E-state index contributed by atoms with van der Waals surface area (Å²) in [6.07, 6.45) is 7.16. The minimum Gasteiger partial charge on any atom is -0.345 e. The first-order chi connectivity index (χ1) is 14.1. The van der Waals surface area contributed by atoms with Crippen molar-refractivity contribution >= 4 is 28.2 Å². The molecule has 1 atom stereocenters. The van der Waals surface area contributed by atoms with E-state index in [-0.39, 0.29) is 17.9 Å². The molecule has 5 nitrogen and oxygen atoms in total. The minimum absolute atomic E-state index is 0.121. The zero-order valence-electron chi connectivity index (χ0n) is 16.3. The van der Waals surface area contributed by atoms with Crippen molar-refractivity contribution in [2.75, 3.05) is 5.32 Å². The summed E-state index contributed by atoms with van der Waals surface area (Å²) in [4.78, 5) is 31.1. The first kappa shape index (κ1) is 19.3. The Hall–Kier alpha value is -2.99. The predicted octanol–water partition coefficient (Wildman–Crippen LogP) is 4.77. The van der Waals surface area contributed by atoms with E-state index in [1.807, 2.05) is 37.3 Å². The highest BCUT2D eigenvalue weighted by Gasteiger charge is 2.27. The third kappa shape index (κ3) is 4.22. The third-order valence-corrected chi connectivity index (χ3v) is 6.40. The van der Waals surface area contributed by atoms with Gasteiger partial charge in [-0.15, -0.1) is 11.3 Å². The zero-order valence-corrected chi connectivity index (χ0v) is 17.1.